The Labute approximate surface area is 256 Å². The van der Waals surface area contributed by atoms with Crippen LogP contribution in [0.5, 0.6) is 11.5 Å². The predicted molar refractivity (Wildman–Crippen MR) is 162 cm³/mol. The second-order valence-electron chi connectivity index (χ2n) is 8.39. The Bertz CT molecular complexity index is 1620. The lowest BCUT2D eigenvalue weighted by Crippen LogP contribution is -2.13. The molecule has 1 N–H and O–H groups in total. The summed E-state index contributed by atoms with van der Waals surface area (Å²) in [4.78, 5) is 12.7. The first-order valence-corrected chi connectivity index (χ1v) is 13.6. The summed E-state index contributed by atoms with van der Waals surface area (Å²) in [6, 6.07) is 23.9. The number of hydrogen-bond acceptors (Lipinski definition) is 4. The van der Waals surface area contributed by atoms with Gasteiger partial charge in [0.25, 0.3) is 5.91 Å². The van der Waals surface area contributed by atoms with Gasteiger partial charge in [0.05, 0.1) is 5.02 Å². The van der Waals surface area contributed by atoms with Crippen LogP contribution < -0.4 is 14.8 Å². The second-order valence-corrected chi connectivity index (χ2v) is 10.5. The summed E-state index contributed by atoms with van der Waals surface area (Å²) < 4.78 is 11.5. The number of ether oxygens (including phenoxy) is 2. The molecule has 40 heavy (non-hydrogen) atoms. The summed E-state index contributed by atoms with van der Waals surface area (Å²) in [6.07, 6.45) is 1.44. The van der Waals surface area contributed by atoms with E-state index in [-0.39, 0.29) is 18.8 Å². The minimum Gasteiger partial charge on any atom is -0.489 e. The molecule has 0 aliphatic carbocycles. The molecule has 10 heteroatoms. The molecule has 0 atom stereocenters. The van der Waals surface area contributed by atoms with Crippen LogP contribution in [0.2, 0.25) is 25.1 Å². The van der Waals surface area contributed by atoms with Gasteiger partial charge < -0.3 is 14.8 Å². The van der Waals surface area contributed by atoms with Gasteiger partial charge in [-0.3, -0.25) is 4.79 Å². The standard InChI is InChI=1S/C30H19Cl5N2O3/c31-22-4-2-19(26(33)13-22)16-39-25-8-6-24(7-9-25)37-30(38)21(15-36)11-18-1-10-29(28(35)12-18)40-17-20-3-5-23(32)14-27(20)34/h1-14H,16-17H2,(H,37,38)/b21-11+. The summed E-state index contributed by atoms with van der Waals surface area (Å²) in [5.41, 5.74) is 2.48. The largest absolute Gasteiger partial charge is 0.489 e. The number of nitriles is 1. The quantitative estimate of drug-likeness (QED) is 0.147. The SMILES string of the molecule is N#C/C(=C\c1ccc(OCc2ccc(Cl)cc2Cl)c(Cl)c1)C(=O)Nc1ccc(OCc2ccc(Cl)cc2Cl)cc1. The van der Waals surface area contributed by atoms with Crippen molar-refractivity contribution in [1.82, 2.24) is 0 Å². The number of rotatable bonds is 9. The highest BCUT2D eigenvalue weighted by molar-refractivity contribution is 6.35. The molecular formula is C30H19Cl5N2O3. The van der Waals surface area contributed by atoms with Crippen LogP contribution in [0.15, 0.2) is 84.4 Å². The molecule has 0 saturated carbocycles. The number of carbonyl (C=O) groups is 1. The number of nitrogens with one attached hydrogen (secondary N) is 1. The Hall–Kier alpha value is -3.37. The molecule has 202 valence electrons. The number of hydrogen-bond donors (Lipinski definition) is 1. The van der Waals surface area contributed by atoms with Gasteiger partial charge in [0.15, 0.2) is 0 Å². The highest BCUT2D eigenvalue weighted by atomic mass is 35.5. The molecular weight excluding hydrogens is 614 g/mol. The van der Waals surface area contributed by atoms with E-state index in [0.717, 1.165) is 11.1 Å². The smallest absolute Gasteiger partial charge is 0.266 e. The molecule has 0 radical (unpaired) electrons. The fourth-order valence-corrected chi connectivity index (χ4v) is 4.64. The average Bonchev–Trinajstić information content (AvgIpc) is 2.92. The highest BCUT2D eigenvalue weighted by Crippen LogP contribution is 2.29. The Morgan fingerprint density at radius 3 is 1.90 bits per heavy atom. The van der Waals surface area contributed by atoms with Crippen molar-refractivity contribution >= 4 is 75.7 Å². The van der Waals surface area contributed by atoms with Crippen molar-refractivity contribution in [2.24, 2.45) is 0 Å². The third kappa shape index (κ3) is 8.08. The minimum absolute atomic E-state index is 0.101. The Kier molecular flexibility index (Phi) is 10.2. The fourth-order valence-electron chi connectivity index (χ4n) is 3.47. The molecule has 0 saturated heterocycles. The van der Waals surface area contributed by atoms with Gasteiger partial charge in [-0.25, -0.2) is 0 Å². The Morgan fingerprint density at radius 2 is 1.35 bits per heavy atom. The number of amides is 1. The van der Waals surface area contributed by atoms with Crippen LogP contribution >= 0.6 is 58.0 Å². The number of anilines is 1. The first-order chi connectivity index (χ1) is 19.2. The van der Waals surface area contributed by atoms with Crippen molar-refractivity contribution in [3.8, 4) is 17.6 Å². The van der Waals surface area contributed by atoms with Crippen LogP contribution in [-0.4, -0.2) is 5.91 Å². The molecule has 0 fully saturated rings. The number of carbonyl (C=O) groups excluding carboxylic acids is 1. The van der Waals surface area contributed by atoms with Crippen LogP contribution in [0.1, 0.15) is 16.7 Å². The zero-order valence-electron chi connectivity index (χ0n) is 20.6. The summed E-state index contributed by atoms with van der Waals surface area (Å²) in [7, 11) is 0. The Morgan fingerprint density at radius 1 is 0.750 bits per heavy atom. The molecule has 4 aromatic rings. The van der Waals surface area contributed by atoms with Gasteiger partial charge in [0, 0.05) is 36.9 Å². The van der Waals surface area contributed by atoms with Gasteiger partial charge in [-0.1, -0.05) is 76.2 Å². The molecule has 4 aromatic carbocycles. The molecule has 0 bridgehead atoms. The first kappa shape index (κ1) is 29.6. The average molecular weight is 633 g/mol. The van der Waals surface area contributed by atoms with Crippen LogP contribution in [0.3, 0.4) is 0 Å². The zero-order valence-corrected chi connectivity index (χ0v) is 24.3. The van der Waals surface area contributed by atoms with E-state index in [1.807, 2.05) is 6.07 Å². The van der Waals surface area contributed by atoms with Crippen LogP contribution in [-0.2, 0) is 18.0 Å². The van der Waals surface area contributed by atoms with Crippen molar-refractivity contribution in [1.29, 1.82) is 5.26 Å². The van der Waals surface area contributed by atoms with E-state index in [2.05, 4.69) is 5.32 Å². The van der Waals surface area contributed by atoms with E-state index in [1.165, 1.54) is 6.08 Å². The van der Waals surface area contributed by atoms with Crippen LogP contribution in [0.25, 0.3) is 6.08 Å². The molecule has 0 aromatic heterocycles. The molecule has 1 amide bonds. The zero-order chi connectivity index (χ0) is 28.6. The maximum atomic E-state index is 12.7. The van der Waals surface area contributed by atoms with Crippen LogP contribution in [0, 0.1) is 11.3 Å². The lowest BCUT2D eigenvalue weighted by molar-refractivity contribution is -0.112. The summed E-state index contributed by atoms with van der Waals surface area (Å²) in [5.74, 6) is 0.432. The first-order valence-electron chi connectivity index (χ1n) is 11.7. The third-order valence-electron chi connectivity index (χ3n) is 5.55. The van der Waals surface area contributed by atoms with E-state index in [9.17, 15) is 10.1 Å². The third-order valence-corrected chi connectivity index (χ3v) is 7.02. The van der Waals surface area contributed by atoms with Gasteiger partial charge in [0.1, 0.15) is 36.4 Å². The van der Waals surface area contributed by atoms with Gasteiger partial charge >= 0.3 is 0 Å². The molecule has 4 rings (SSSR count). The van der Waals surface area contributed by atoms with Gasteiger partial charge in [-0.15, -0.1) is 0 Å². The van der Waals surface area contributed by atoms with Crippen molar-refractivity contribution in [3.63, 3.8) is 0 Å². The molecule has 0 aliphatic rings. The Balaban J connectivity index is 1.36. The van der Waals surface area contributed by atoms with E-state index >= 15 is 0 Å². The maximum Gasteiger partial charge on any atom is 0.266 e. The lowest BCUT2D eigenvalue weighted by Gasteiger charge is -2.11. The summed E-state index contributed by atoms with van der Waals surface area (Å²) >= 11 is 30.6. The van der Waals surface area contributed by atoms with Gasteiger partial charge in [-0.05, 0) is 72.3 Å². The van der Waals surface area contributed by atoms with Crippen molar-refractivity contribution < 1.29 is 14.3 Å². The van der Waals surface area contributed by atoms with Crippen molar-refractivity contribution in [2.75, 3.05) is 5.32 Å². The molecule has 0 aliphatic heterocycles. The van der Waals surface area contributed by atoms with E-state index < -0.39 is 5.91 Å². The lowest BCUT2D eigenvalue weighted by atomic mass is 10.1. The normalized spacial score (nSPS) is 11.1. The number of benzene rings is 4. The second kappa shape index (κ2) is 13.8. The van der Waals surface area contributed by atoms with Crippen molar-refractivity contribution in [2.45, 2.75) is 13.2 Å². The maximum absolute atomic E-state index is 12.7. The van der Waals surface area contributed by atoms with Crippen molar-refractivity contribution in [3.05, 3.63) is 126 Å². The van der Waals surface area contributed by atoms with Gasteiger partial charge in [-0.2, -0.15) is 5.26 Å². The number of halogens is 5. The predicted octanol–water partition coefficient (Wildman–Crippen LogP) is 9.66. The molecule has 0 unspecified atom stereocenters. The summed E-state index contributed by atoms with van der Waals surface area (Å²) in [5, 5.41) is 14.7. The summed E-state index contributed by atoms with van der Waals surface area (Å²) in [6.45, 7) is 0.444. The highest BCUT2D eigenvalue weighted by Gasteiger charge is 2.12. The van der Waals surface area contributed by atoms with E-state index in [4.69, 9.17) is 67.5 Å². The monoisotopic (exact) mass is 630 g/mol. The molecule has 0 heterocycles. The minimum atomic E-state index is -0.571. The molecule has 0 spiro atoms. The van der Waals surface area contributed by atoms with E-state index in [1.54, 1.807) is 78.9 Å². The topological polar surface area (TPSA) is 71.3 Å². The van der Waals surface area contributed by atoms with E-state index in [0.29, 0.717) is 47.9 Å². The van der Waals surface area contributed by atoms with Crippen LogP contribution in [0.4, 0.5) is 5.69 Å². The molecule has 5 nitrogen and oxygen atoms in total. The van der Waals surface area contributed by atoms with Gasteiger partial charge in [0.2, 0.25) is 0 Å². The number of nitrogens with zero attached hydrogens (tertiary/aromatic N) is 1. The fraction of sp³-hybridized carbons (Fsp3) is 0.0667.